The second-order valence-corrected chi connectivity index (χ2v) is 7.85. The van der Waals surface area contributed by atoms with E-state index < -0.39 is 0 Å². The zero-order chi connectivity index (χ0) is 20.1. The Morgan fingerprint density at radius 2 is 1.72 bits per heavy atom. The smallest absolute Gasteiger partial charge is 0.244 e. The lowest BCUT2D eigenvalue weighted by atomic mass is 9.99. The third kappa shape index (κ3) is 5.22. The molecule has 1 fully saturated rings. The van der Waals surface area contributed by atoms with Crippen molar-refractivity contribution in [1.29, 1.82) is 0 Å². The van der Waals surface area contributed by atoms with Gasteiger partial charge in [0, 0.05) is 31.0 Å². The standard InChI is InChI=1S/C23H28N6/c1-17-3-5-19(6-4-17)15-24-23-27-22(16-25-28-23)26-20-7-9-21(10-8-20)29-13-11-18(2)12-14-29/h3-10,16,18H,11-15H2,1-2H3,(H2,24,26,27,28). The summed E-state index contributed by atoms with van der Waals surface area (Å²) in [6.45, 7) is 7.36. The fourth-order valence-corrected chi connectivity index (χ4v) is 3.50. The maximum absolute atomic E-state index is 4.52. The van der Waals surface area contributed by atoms with Crippen LogP contribution in [-0.4, -0.2) is 28.3 Å². The van der Waals surface area contributed by atoms with Gasteiger partial charge in [0.05, 0.1) is 6.20 Å². The van der Waals surface area contributed by atoms with Crippen molar-refractivity contribution in [2.24, 2.45) is 5.92 Å². The molecular weight excluding hydrogens is 360 g/mol. The van der Waals surface area contributed by atoms with Crippen molar-refractivity contribution in [3.63, 3.8) is 0 Å². The van der Waals surface area contributed by atoms with E-state index in [4.69, 9.17) is 0 Å². The molecule has 0 atom stereocenters. The van der Waals surface area contributed by atoms with Crippen molar-refractivity contribution in [1.82, 2.24) is 15.2 Å². The summed E-state index contributed by atoms with van der Waals surface area (Å²) in [4.78, 5) is 6.98. The molecule has 3 aromatic rings. The van der Waals surface area contributed by atoms with Crippen LogP contribution in [0.25, 0.3) is 0 Å². The van der Waals surface area contributed by atoms with Crippen molar-refractivity contribution in [3.8, 4) is 0 Å². The highest BCUT2D eigenvalue weighted by Crippen LogP contribution is 2.25. The maximum Gasteiger partial charge on any atom is 0.244 e. The fraction of sp³-hybridized carbons (Fsp3) is 0.348. The lowest BCUT2D eigenvalue weighted by molar-refractivity contribution is 0.438. The average Bonchev–Trinajstić information content (AvgIpc) is 2.75. The summed E-state index contributed by atoms with van der Waals surface area (Å²) in [5, 5.41) is 14.7. The van der Waals surface area contributed by atoms with Gasteiger partial charge in [-0.1, -0.05) is 36.8 Å². The van der Waals surface area contributed by atoms with Crippen LogP contribution in [0.2, 0.25) is 0 Å². The van der Waals surface area contributed by atoms with Crippen LogP contribution in [0.4, 0.5) is 23.1 Å². The van der Waals surface area contributed by atoms with Crippen molar-refractivity contribution in [2.75, 3.05) is 28.6 Å². The number of hydrogen-bond donors (Lipinski definition) is 2. The van der Waals surface area contributed by atoms with E-state index in [-0.39, 0.29) is 0 Å². The van der Waals surface area contributed by atoms with Crippen molar-refractivity contribution >= 4 is 23.1 Å². The van der Waals surface area contributed by atoms with E-state index in [0.29, 0.717) is 18.3 Å². The monoisotopic (exact) mass is 388 g/mol. The van der Waals surface area contributed by atoms with Crippen LogP contribution in [0.15, 0.2) is 54.7 Å². The Balaban J connectivity index is 1.35. The molecule has 2 N–H and O–H groups in total. The predicted molar refractivity (Wildman–Crippen MR) is 119 cm³/mol. The lowest BCUT2D eigenvalue weighted by Gasteiger charge is -2.32. The third-order valence-corrected chi connectivity index (χ3v) is 5.42. The van der Waals surface area contributed by atoms with E-state index in [1.807, 2.05) is 0 Å². The van der Waals surface area contributed by atoms with E-state index >= 15 is 0 Å². The Labute approximate surface area is 172 Å². The Morgan fingerprint density at radius 3 is 2.45 bits per heavy atom. The van der Waals surface area contributed by atoms with Gasteiger partial charge < -0.3 is 15.5 Å². The first-order chi connectivity index (χ1) is 14.2. The molecular formula is C23H28N6. The Bertz CT molecular complexity index is 915. The highest BCUT2D eigenvalue weighted by molar-refractivity contribution is 5.61. The highest BCUT2D eigenvalue weighted by Gasteiger charge is 2.15. The normalized spacial score (nSPS) is 14.6. The van der Waals surface area contributed by atoms with E-state index in [1.54, 1.807) is 6.20 Å². The van der Waals surface area contributed by atoms with Gasteiger partial charge in [-0.15, -0.1) is 5.10 Å². The number of aryl methyl sites for hydroxylation is 1. The SMILES string of the molecule is Cc1ccc(CNc2nncc(Nc3ccc(N4CCC(C)CC4)cc3)n2)cc1. The Morgan fingerprint density at radius 1 is 1.00 bits per heavy atom. The molecule has 0 unspecified atom stereocenters. The molecule has 1 saturated heterocycles. The van der Waals surface area contributed by atoms with Crippen LogP contribution < -0.4 is 15.5 Å². The zero-order valence-electron chi connectivity index (χ0n) is 17.1. The second kappa shape index (κ2) is 8.90. The van der Waals surface area contributed by atoms with Crippen LogP contribution in [0.5, 0.6) is 0 Å². The molecule has 0 bridgehead atoms. The molecule has 0 radical (unpaired) electrons. The van der Waals surface area contributed by atoms with Crippen LogP contribution in [-0.2, 0) is 6.54 Å². The van der Waals surface area contributed by atoms with Crippen LogP contribution >= 0.6 is 0 Å². The summed E-state index contributed by atoms with van der Waals surface area (Å²) in [5.41, 5.74) is 4.70. The molecule has 0 spiro atoms. The van der Waals surface area contributed by atoms with Gasteiger partial charge in [-0.05, 0) is 55.5 Å². The Kier molecular flexibility index (Phi) is 5.89. The molecule has 6 heteroatoms. The molecule has 0 saturated carbocycles. The number of hydrogen-bond acceptors (Lipinski definition) is 6. The number of anilines is 4. The Hall–Kier alpha value is -3.15. The van der Waals surface area contributed by atoms with Crippen LogP contribution in [0, 0.1) is 12.8 Å². The summed E-state index contributed by atoms with van der Waals surface area (Å²) in [7, 11) is 0. The molecule has 1 aliphatic rings. The molecule has 6 nitrogen and oxygen atoms in total. The minimum Gasteiger partial charge on any atom is -0.372 e. The van der Waals surface area contributed by atoms with Gasteiger partial charge in [-0.2, -0.15) is 10.1 Å². The first-order valence-corrected chi connectivity index (χ1v) is 10.3. The van der Waals surface area contributed by atoms with Gasteiger partial charge in [-0.25, -0.2) is 0 Å². The molecule has 150 valence electrons. The van der Waals surface area contributed by atoms with E-state index in [9.17, 15) is 0 Å². The van der Waals surface area contributed by atoms with Gasteiger partial charge in [0.15, 0.2) is 5.82 Å². The maximum atomic E-state index is 4.52. The molecule has 0 aliphatic carbocycles. The second-order valence-electron chi connectivity index (χ2n) is 7.85. The molecule has 4 rings (SSSR count). The lowest BCUT2D eigenvalue weighted by Crippen LogP contribution is -2.32. The quantitative estimate of drug-likeness (QED) is 0.634. The molecule has 2 heterocycles. The minimum atomic E-state index is 0.509. The van der Waals surface area contributed by atoms with Gasteiger partial charge in [-0.3, -0.25) is 0 Å². The molecule has 29 heavy (non-hydrogen) atoms. The molecule has 2 aromatic carbocycles. The van der Waals surface area contributed by atoms with Gasteiger partial charge in [0.2, 0.25) is 5.95 Å². The summed E-state index contributed by atoms with van der Waals surface area (Å²) in [6, 6.07) is 16.9. The zero-order valence-corrected chi connectivity index (χ0v) is 17.1. The fourth-order valence-electron chi connectivity index (χ4n) is 3.50. The minimum absolute atomic E-state index is 0.509. The van der Waals surface area contributed by atoms with Gasteiger partial charge in [0.25, 0.3) is 0 Å². The van der Waals surface area contributed by atoms with Gasteiger partial charge >= 0.3 is 0 Å². The van der Waals surface area contributed by atoms with Crippen molar-refractivity contribution in [3.05, 3.63) is 65.9 Å². The largest absolute Gasteiger partial charge is 0.372 e. The highest BCUT2D eigenvalue weighted by atomic mass is 15.3. The summed E-state index contributed by atoms with van der Waals surface area (Å²) in [5.74, 6) is 2.02. The van der Waals surface area contributed by atoms with E-state index in [0.717, 1.165) is 24.7 Å². The topological polar surface area (TPSA) is 66.0 Å². The summed E-state index contributed by atoms with van der Waals surface area (Å²) < 4.78 is 0. The number of nitrogens with zero attached hydrogens (tertiary/aromatic N) is 4. The first kappa shape index (κ1) is 19.2. The van der Waals surface area contributed by atoms with E-state index in [1.165, 1.54) is 29.7 Å². The van der Waals surface area contributed by atoms with E-state index in [2.05, 4.69) is 93.1 Å². The average molecular weight is 389 g/mol. The molecule has 1 aromatic heterocycles. The predicted octanol–water partition coefficient (Wildman–Crippen LogP) is 4.77. The van der Waals surface area contributed by atoms with Gasteiger partial charge in [0.1, 0.15) is 0 Å². The summed E-state index contributed by atoms with van der Waals surface area (Å²) >= 11 is 0. The first-order valence-electron chi connectivity index (χ1n) is 10.3. The summed E-state index contributed by atoms with van der Waals surface area (Å²) in [6.07, 6.45) is 4.17. The van der Waals surface area contributed by atoms with Crippen LogP contribution in [0.3, 0.4) is 0 Å². The number of rotatable bonds is 6. The number of nitrogens with one attached hydrogen (secondary N) is 2. The molecule has 1 aliphatic heterocycles. The van der Waals surface area contributed by atoms with Crippen molar-refractivity contribution in [2.45, 2.75) is 33.2 Å². The number of benzene rings is 2. The van der Waals surface area contributed by atoms with Crippen molar-refractivity contribution < 1.29 is 0 Å². The molecule has 0 amide bonds. The third-order valence-electron chi connectivity index (χ3n) is 5.42. The number of piperidine rings is 1. The number of aromatic nitrogens is 3. The van der Waals surface area contributed by atoms with Crippen LogP contribution in [0.1, 0.15) is 30.9 Å².